The van der Waals surface area contributed by atoms with Crippen LogP contribution in [-0.4, -0.2) is 37.8 Å². The molecule has 0 radical (unpaired) electrons. The smallest absolute Gasteiger partial charge is 0.191 e. The average molecular weight is 307 g/mol. The molecular formula is C17H29N3O2. The lowest BCUT2D eigenvalue weighted by Crippen LogP contribution is -2.38. The zero-order valence-electron chi connectivity index (χ0n) is 13.9. The van der Waals surface area contributed by atoms with Gasteiger partial charge in [-0.3, -0.25) is 4.99 Å². The molecule has 0 saturated carbocycles. The number of aliphatic hydroxyl groups is 1. The molecule has 0 bridgehead atoms. The summed E-state index contributed by atoms with van der Waals surface area (Å²) in [7, 11) is 1.62. The number of nitrogens with zero attached hydrogens (tertiary/aromatic N) is 1. The predicted octanol–water partition coefficient (Wildman–Crippen LogP) is 2.47. The zero-order chi connectivity index (χ0) is 16.2. The maximum absolute atomic E-state index is 10.2. The molecule has 1 rings (SSSR count). The standard InChI is InChI=1S/C17H29N3O2/c1-4-6-7-11-19-17(18-5-2)20-13-16(21)14-9-8-10-15(12-14)22-3/h8-10,12,16,21H,4-7,11,13H2,1-3H3,(H2,18,19,20). The number of ether oxygens (including phenoxy) is 1. The Morgan fingerprint density at radius 2 is 2.09 bits per heavy atom. The first-order chi connectivity index (χ1) is 10.7. The summed E-state index contributed by atoms with van der Waals surface area (Å²) in [6.07, 6.45) is 2.89. The Morgan fingerprint density at radius 1 is 1.27 bits per heavy atom. The molecular weight excluding hydrogens is 278 g/mol. The number of aliphatic imine (C=N–C) groups is 1. The monoisotopic (exact) mass is 307 g/mol. The summed E-state index contributed by atoms with van der Waals surface area (Å²) in [4.78, 5) is 4.45. The van der Waals surface area contributed by atoms with Crippen LogP contribution in [0.1, 0.15) is 44.8 Å². The Labute approximate surface area is 133 Å². The molecule has 5 nitrogen and oxygen atoms in total. The third-order valence-corrected chi connectivity index (χ3v) is 3.32. The lowest BCUT2D eigenvalue weighted by Gasteiger charge is -2.13. The van der Waals surface area contributed by atoms with E-state index in [4.69, 9.17) is 4.74 Å². The summed E-state index contributed by atoms with van der Waals surface area (Å²) >= 11 is 0. The van der Waals surface area contributed by atoms with Gasteiger partial charge in [-0.25, -0.2) is 0 Å². The van der Waals surface area contributed by atoms with Gasteiger partial charge < -0.3 is 20.5 Å². The number of unbranched alkanes of at least 4 members (excludes halogenated alkanes) is 2. The molecule has 0 spiro atoms. The predicted molar refractivity (Wildman–Crippen MR) is 91.5 cm³/mol. The van der Waals surface area contributed by atoms with Crippen LogP contribution in [0.15, 0.2) is 29.3 Å². The van der Waals surface area contributed by atoms with Crippen LogP contribution in [0, 0.1) is 0 Å². The molecule has 1 aromatic carbocycles. The fourth-order valence-corrected chi connectivity index (χ4v) is 2.06. The van der Waals surface area contributed by atoms with E-state index in [1.807, 2.05) is 31.2 Å². The molecule has 1 aromatic rings. The summed E-state index contributed by atoms with van der Waals surface area (Å²) in [5.74, 6) is 1.49. The van der Waals surface area contributed by atoms with E-state index in [1.54, 1.807) is 7.11 Å². The zero-order valence-corrected chi connectivity index (χ0v) is 13.9. The van der Waals surface area contributed by atoms with E-state index in [9.17, 15) is 5.11 Å². The van der Waals surface area contributed by atoms with Gasteiger partial charge in [0.05, 0.1) is 19.8 Å². The summed E-state index contributed by atoms with van der Waals surface area (Å²) in [5, 5.41) is 16.7. The van der Waals surface area contributed by atoms with Gasteiger partial charge in [0.15, 0.2) is 5.96 Å². The third kappa shape index (κ3) is 6.80. The summed E-state index contributed by atoms with van der Waals surface area (Å²) < 4.78 is 5.17. The van der Waals surface area contributed by atoms with Crippen LogP contribution in [0.3, 0.4) is 0 Å². The minimum Gasteiger partial charge on any atom is -0.497 e. The van der Waals surface area contributed by atoms with Crippen molar-refractivity contribution in [2.24, 2.45) is 4.99 Å². The third-order valence-electron chi connectivity index (χ3n) is 3.32. The van der Waals surface area contributed by atoms with Crippen LogP contribution >= 0.6 is 0 Å². The van der Waals surface area contributed by atoms with Crippen LogP contribution in [-0.2, 0) is 0 Å². The highest BCUT2D eigenvalue weighted by Crippen LogP contribution is 2.19. The first kappa shape index (κ1) is 18.3. The summed E-state index contributed by atoms with van der Waals surface area (Å²) in [5.41, 5.74) is 0.810. The van der Waals surface area contributed by atoms with Crippen LogP contribution in [0.25, 0.3) is 0 Å². The van der Waals surface area contributed by atoms with Gasteiger partial charge in [-0.2, -0.15) is 0 Å². The topological polar surface area (TPSA) is 65.9 Å². The minimum absolute atomic E-state index is 0.316. The van der Waals surface area contributed by atoms with Crippen molar-refractivity contribution in [1.82, 2.24) is 10.6 Å². The van der Waals surface area contributed by atoms with E-state index in [2.05, 4.69) is 22.5 Å². The Bertz CT molecular complexity index is 449. The Hall–Kier alpha value is -1.75. The quantitative estimate of drug-likeness (QED) is 0.372. The molecule has 0 aliphatic carbocycles. The molecule has 0 aliphatic heterocycles. The Morgan fingerprint density at radius 3 is 2.77 bits per heavy atom. The molecule has 3 N–H and O–H groups in total. The van der Waals surface area contributed by atoms with Gasteiger partial charge in [0.25, 0.3) is 0 Å². The van der Waals surface area contributed by atoms with Crippen molar-refractivity contribution in [2.75, 3.05) is 26.7 Å². The number of nitrogens with one attached hydrogen (secondary N) is 2. The van der Waals surface area contributed by atoms with Gasteiger partial charge in [-0.05, 0) is 31.0 Å². The molecule has 0 saturated heterocycles. The van der Waals surface area contributed by atoms with Crippen molar-refractivity contribution in [3.05, 3.63) is 29.8 Å². The van der Waals surface area contributed by atoms with E-state index in [0.29, 0.717) is 6.54 Å². The molecule has 0 aromatic heterocycles. The van der Waals surface area contributed by atoms with E-state index in [1.165, 1.54) is 12.8 Å². The maximum atomic E-state index is 10.2. The molecule has 22 heavy (non-hydrogen) atoms. The molecule has 1 unspecified atom stereocenters. The van der Waals surface area contributed by atoms with Crippen molar-refractivity contribution in [1.29, 1.82) is 0 Å². The second-order valence-electron chi connectivity index (χ2n) is 5.15. The van der Waals surface area contributed by atoms with Crippen molar-refractivity contribution < 1.29 is 9.84 Å². The van der Waals surface area contributed by atoms with Gasteiger partial charge in [-0.15, -0.1) is 0 Å². The Kier molecular flexibility index (Phi) is 9.07. The second-order valence-corrected chi connectivity index (χ2v) is 5.15. The molecule has 1 atom stereocenters. The van der Waals surface area contributed by atoms with Gasteiger partial charge in [-0.1, -0.05) is 31.9 Å². The van der Waals surface area contributed by atoms with Gasteiger partial charge in [0.2, 0.25) is 0 Å². The number of rotatable bonds is 9. The van der Waals surface area contributed by atoms with Crippen LogP contribution in [0.4, 0.5) is 0 Å². The molecule has 0 amide bonds. The average Bonchev–Trinajstić information content (AvgIpc) is 2.56. The maximum Gasteiger partial charge on any atom is 0.191 e. The summed E-state index contributed by atoms with van der Waals surface area (Å²) in [6, 6.07) is 7.44. The highest BCUT2D eigenvalue weighted by Gasteiger charge is 2.08. The van der Waals surface area contributed by atoms with E-state index >= 15 is 0 Å². The van der Waals surface area contributed by atoms with E-state index in [0.717, 1.165) is 36.8 Å². The number of methoxy groups -OCH3 is 1. The lowest BCUT2D eigenvalue weighted by atomic mass is 10.1. The highest BCUT2D eigenvalue weighted by molar-refractivity contribution is 5.79. The number of benzene rings is 1. The first-order valence-electron chi connectivity index (χ1n) is 8.05. The number of hydrogen-bond acceptors (Lipinski definition) is 3. The van der Waals surface area contributed by atoms with Gasteiger partial charge in [0.1, 0.15) is 5.75 Å². The molecule has 5 heteroatoms. The SMILES string of the molecule is CCCCCNC(=NCC(O)c1cccc(OC)c1)NCC. The van der Waals surface area contributed by atoms with Crippen molar-refractivity contribution in [2.45, 2.75) is 39.2 Å². The van der Waals surface area contributed by atoms with Crippen molar-refractivity contribution in [3.8, 4) is 5.75 Å². The fraction of sp³-hybridized carbons (Fsp3) is 0.588. The molecule has 0 heterocycles. The molecule has 124 valence electrons. The first-order valence-corrected chi connectivity index (χ1v) is 8.05. The molecule has 0 fully saturated rings. The lowest BCUT2D eigenvalue weighted by molar-refractivity contribution is 0.186. The van der Waals surface area contributed by atoms with Crippen LogP contribution in [0.5, 0.6) is 5.75 Å². The largest absolute Gasteiger partial charge is 0.497 e. The van der Waals surface area contributed by atoms with Gasteiger partial charge in [0, 0.05) is 13.1 Å². The second kappa shape index (κ2) is 10.9. The van der Waals surface area contributed by atoms with Crippen LogP contribution < -0.4 is 15.4 Å². The van der Waals surface area contributed by atoms with Crippen LogP contribution in [0.2, 0.25) is 0 Å². The molecule has 0 aliphatic rings. The van der Waals surface area contributed by atoms with Crippen molar-refractivity contribution in [3.63, 3.8) is 0 Å². The van der Waals surface area contributed by atoms with Gasteiger partial charge >= 0.3 is 0 Å². The van der Waals surface area contributed by atoms with Crippen molar-refractivity contribution >= 4 is 5.96 Å². The van der Waals surface area contributed by atoms with E-state index < -0.39 is 6.10 Å². The fourth-order valence-electron chi connectivity index (χ4n) is 2.06. The van der Waals surface area contributed by atoms with E-state index in [-0.39, 0.29) is 0 Å². The normalized spacial score (nSPS) is 12.8. The minimum atomic E-state index is -0.638. The highest BCUT2D eigenvalue weighted by atomic mass is 16.5. The Balaban J connectivity index is 2.55. The summed E-state index contributed by atoms with van der Waals surface area (Å²) in [6.45, 7) is 6.23. The number of aliphatic hydroxyl groups excluding tert-OH is 1. The number of guanidine groups is 1. The number of hydrogen-bond donors (Lipinski definition) is 3.